The fourth-order valence-corrected chi connectivity index (χ4v) is 4.36. The van der Waals surface area contributed by atoms with Crippen LogP contribution in [0.3, 0.4) is 0 Å². The summed E-state index contributed by atoms with van der Waals surface area (Å²) in [6.07, 6.45) is 6.95. The van der Waals surface area contributed by atoms with Gasteiger partial charge in [0.15, 0.2) is 0 Å². The maximum absolute atomic E-state index is 12.9. The predicted octanol–water partition coefficient (Wildman–Crippen LogP) is 2.73. The number of benzene rings is 1. The summed E-state index contributed by atoms with van der Waals surface area (Å²) in [5.74, 6) is 0.605. The molecule has 4 heterocycles. The quantitative estimate of drug-likeness (QED) is 0.686. The molecule has 0 bridgehead atoms. The number of aryl methyl sites for hydroxylation is 2. The molecule has 2 aliphatic rings. The van der Waals surface area contributed by atoms with Crippen LogP contribution in [-0.2, 0) is 11.8 Å². The van der Waals surface area contributed by atoms with Gasteiger partial charge in [-0.25, -0.2) is 4.98 Å². The normalized spacial score (nSPS) is 20.6. The highest BCUT2D eigenvalue weighted by molar-refractivity contribution is 5.98. The Morgan fingerprint density at radius 3 is 2.97 bits per heavy atom. The number of hydrogen-bond acceptors (Lipinski definition) is 5. The van der Waals surface area contributed by atoms with Crippen LogP contribution >= 0.6 is 0 Å². The number of amides is 1. The zero-order chi connectivity index (χ0) is 20.0. The molecular weight excluding hydrogens is 368 g/mol. The second-order valence-electron chi connectivity index (χ2n) is 8.12. The van der Waals surface area contributed by atoms with E-state index in [9.17, 15) is 4.79 Å². The molecule has 0 radical (unpaired) electrons. The van der Waals surface area contributed by atoms with E-state index in [-0.39, 0.29) is 17.6 Å². The van der Waals surface area contributed by atoms with Gasteiger partial charge in [0, 0.05) is 48.7 Å². The number of carbonyl (C=O) groups excluding carboxylic acids is 1. The zero-order valence-electron chi connectivity index (χ0n) is 16.7. The van der Waals surface area contributed by atoms with Crippen LogP contribution in [0.4, 0.5) is 0 Å². The van der Waals surface area contributed by atoms with Crippen molar-refractivity contribution in [2.75, 3.05) is 19.7 Å². The minimum absolute atomic E-state index is 0.0257. The van der Waals surface area contributed by atoms with Gasteiger partial charge >= 0.3 is 0 Å². The van der Waals surface area contributed by atoms with Gasteiger partial charge < -0.3 is 18.9 Å². The Hall–Kier alpha value is -2.93. The lowest BCUT2D eigenvalue weighted by Crippen LogP contribution is -2.67. The summed E-state index contributed by atoms with van der Waals surface area (Å²) in [4.78, 5) is 23.3. The molecule has 1 aromatic carbocycles. The first-order chi connectivity index (χ1) is 14.0. The number of likely N-dealkylation sites (tertiary alicyclic amines) is 1. The van der Waals surface area contributed by atoms with E-state index in [1.54, 1.807) is 12.4 Å². The lowest BCUT2D eigenvalue weighted by atomic mass is 9.84. The average Bonchev–Trinajstić information content (AvgIpc) is 3.06. The van der Waals surface area contributed by atoms with E-state index in [1.165, 1.54) is 0 Å². The molecular formula is C22H24N4O3. The summed E-state index contributed by atoms with van der Waals surface area (Å²) in [7, 11) is 2.00. The lowest BCUT2D eigenvalue weighted by molar-refractivity contribution is -0.174. The van der Waals surface area contributed by atoms with Gasteiger partial charge in [-0.15, -0.1) is 0 Å². The SMILES string of the molecule is Cc1cncc(O[C@@H]2CCOC3(C2)CN(C(=O)c2ccc4c(ccn4C)c2)C3)n1. The summed E-state index contributed by atoms with van der Waals surface area (Å²) < 4.78 is 14.2. The van der Waals surface area contributed by atoms with Crippen LogP contribution in [0.15, 0.2) is 42.9 Å². The summed E-state index contributed by atoms with van der Waals surface area (Å²) >= 11 is 0. The molecule has 0 unspecified atom stereocenters. The van der Waals surface area contributed by atoms with Crippen molar-refractivity contribution in [2.24, 2.45) is 7.05 Å². The Morgan fingerprint density at radius 2 is 2.14 bits per heavy atom. The fourth-order valence-electron chi connectivity index (χ4n) is 4.36. The van der Waals surface area contributed by atoms with Gasteiger partial charge in [-0.2, -0.15) is 0 Å². The van der Waals surface area contributed by atoms with Crippen LogP contribution in [0.5, 0.6) is 5.88 Å². The summed E-state index contributed by atoms with van der Waals surface area (Å²) in [5.41, 5.74) is 2.36. The summed E-state index contributed by atoms with van der Waals surface area (Å²) in [6.45, 7) is 3.71. The number of nitrogens with zero attached hydrogens (tertiary/aromatic N) is 4. The molecule has 0 aliphatic carbocycles. The Bertz CT molecular complexity index is 1070. The molecule has 0 saturated carbocycles. The van der Waals surface area contributed by atoms with E-state index in [1.807, 2.05) is 49.3 Å². The van der Waals surface area contributed by atoms with E-state index in [2.05, 4.69) is 14.5 Å². The minimum Gasteiger partial charge on any atom is -0.473 e. The largest absolute Gasteiger partial charge is 0.473 e. The van der Waals surface area contributed by atoms with Crippen LogP contribution in [0, 0.1) is 6.92 Å². The number of aromatic nitrogens is 3. The summed E-state index contributed by atoms with van der Waals surface area (Å²) in [5, 5.41) is 1.08. The van der Waals surface area contributed by atoms with Gasteiger partial charge in [-0.1, -0.05) is 0 Å². The number of hydrogen-bond donors (Lipinski definition) is 0. The molecule has 2 saturated heterocycles. The lowest BCUT2D eigenvalue weighted by Gasteiger charge is -2.52. The Morgan fingerprint density at radius 1 is 1.28 bits per heavy atom. The maximum Gasteiger partial charge on any atom is 0.254 e. The van der Waals surface area contributed by atoms with E-state index in [4.69, 9.17) is 9.47 Å². The third-order valence-corrected chi connectivity index (χ3v) is 5.85. The van der Waals surface area contributed by atoms with E-state index < -0.39 is 0 Å². The van der Waals surface area contributed by atoms with Crippen LogP contribution in [0.25, 0.3) is 10.9 Å². The molecule has 1 amide bonds. The van der Waals surface area contributed by atoms with Gasteiger partial charge in [-0.3, -0.25) is 9.78 Å². The van der Waals surface area contributed by atoms with E-state index >= 15 is 0 Å². The van der Waals surface area contributed by atoms with E-state index in [0.717, 1.165) is 35.0 Å². The topological polar surface area (TPSA) is 69.5 Å². The molecule has 2 aromatic heterocycles. The van der Waals surface area contributed by atoms with Crippen molar-refractivity contribution >= 4 is 16.8 Å². The molecule has 29 heavy (non-hydrogen) atoms. The minimum atomic E-state index is -0.313. The van der Waals surface area contributed by atoms with Crippen molar-refractivity contribution in [3.63, 3.8) is 0 Å². The van der Waals surface area contributed by atoms with Gasteiger partial charge in [0.05, 0.1) is 31.6 Å². The molecule has 150 valence electrons. The van der Waals surface area contributed by atoms with Crippen LogP contribution in [0.1, 0.15) is 28.9 Å². The highest BCUT2D eigenvalue weighted by atomic mass is 16.5. The van der Waals surface area contributed by atoms with Gasteiger partial charge in [0.1, 0.15) is 11.7 Å². The second-order valence-corrected chi connectivity index (χ2v) is 8.12. The zero-order valence-corrected chi connectivity index (χ0v) is 16.7. The first kappa shape index (κ1) is 18.1. The first-order valence-electron chi connectivity index (χ1n) is 9.95. The fraction of sp³-hybridized carbons (Fsp3) is 0.409. The van der Waals surface area contributed by atoms with Crippen molar-refractivity contribution in [3.8, 4) is 5.88 Å². The Balaban J connectivity index is 1.24. The van der Waals surface area contributed by atoms with Crippen molar-refractivity contribution in [1.29, 1.82) is 0 Å². The number of rotatable bonds is 3. The monoisotopic (exact) mass is 392 g/mol. The molecule has 5 rings (SSSR count). The molecule has 1 atom stereocenters. The molecule has 2 fully saturated rings. The third kappa shape index (κ3) is 3.35. The first-order valence-corrected chi connectivity index (χ1v) is 9.95. The van der Waals surface area contributed by atoms with Crippen LogP contribution < -0.4 is 4.74 Å². The summed E-state index contributed by atoms with van der Waals surface area (Å²) in [6, 6.07) is 7.90. The maximum atomic E-state index is 12.9. The third-order valence-electron chi connectivity index (χ3n) is 5.85. The number of carbonyl (C=O) groups is 1. The number of fused-ring (bicyclic) bond motifs is 1. The van der Waals surface area contributed by atoms with Gasteiger partial charge in [-0.05, 0) is 31.2 Å². The molecule has 3 aromatic rings. The smallest absolute Gasteiger partial charge is 0.254 e. The van der Waals surface area contributed by atoms with Crippen molar-refractivity contribution in [3.05, 3.63) is 54.1 Å². The molecule has 0 N–H and O–H groups in total. The molecule has 1 spiro atoms. The Kier molecular flexibility index (Phi) is 4.28. The van der Waals surface area contributed by atoms with Crippen molar-refractivity contribution < 1.29 is 14.3 Å². The van der Waals surface area contributed by atoms with E-state index in [0.29, 0.717) is 25.6 Å². The molecule has 7 nitrogen and oxygen atoms in total. The van der Waals surface area contributed by atoms with Gasteiger partial charge in [0.25, 0.3) is 5.91 Å². The van der Waals surface area contributed by atoms with Crippen LogP contribution in [-0.4, -0.2) is 56.7 Å². The number of ether oxygens (including phenoxy) is 2. The average molecular weight is 392 g/mol. The van der Waals surface area contributed by atoms with Crippen molar-refractivity contribution in [2.45, 2.75) is 31.5 Å². The van der Waals surface area contributed by atoms with Gasteiger partial charge in [0.2, 0.25) is 5.88 Å². The molecule has 7 heteroatoms. The van der Waals surface area contributed by atoms with Crippen molar-refractivity contribution in [1.82, 2.24) is 19.4 Å². The standard InChI is InChI=1S/C22H24N4O3/c1-15-11-23-12-20(24-15)29-18-6-8-28-22(10-18)13-26(14-22)21(27)17-3-4-19-16(9-17)5-7-25(19)2/h3-5,7,9,11-12,18H,6,8,10,13-14H2,1-2H3/t18-/m1/s1. The highest BCUT2D eigenvalue weighted by Gasteiger charge is 2.50. The predicted molar refractivity (Wildman–Crippen MR) is 108 cm³/mol. The Labute approximate surface area is 169 Å². The molecule has 2 aliphatic heterocycles. The second kappa shape index (κ2) is 6.84. The highest BCUT2D eigenvalue weighted by Crippen LogP contribution is 2.36. The van der Waals surface area contributed by atoms with Crippen LogP contribution in [0.2, 0.25) is 0 Å².